The molecule has 0 fully saturated rings. The molecular formula is C13H12Cl2N4O2. The molecule has 1 aliphatic heterocycles. The lowest BCUT2D eigenvalue weighted by atomic mass is 10.0. The van der Waals surface area contributed by atoms with Gasteiger partial charge >= 0.3 is 0 Å². The molecule has 0 saturated heterocycles. The first-order chi connectivity index (χ1) is 10.0. The average molecular weight is 327 g/mol. The van der Waals surface area contributed by atoms with Crippen LogP contribution < -0.4 is 10.6 Å². The molecule has 0 saturated carbocycles. The number of fused-ring (bicyclic) bond motifs is 1. The molecule has 21 heavy (non-hydrogen) atoms. The molecule has 1 aliphatic rings. The number of rotatable bonds is 2. The number of amides is 1. The van der Waals surface area contributed by atoms with Gasteiger partial charge in [0.15, 0.2) is 5.75 Å². The molecule has 1 unspecified atom stereocenters. The Morgan fingerprint density at radius 2 is 2.10 bits per heavy atom. The van der Waals surface area contributed by atoms with E-state index >= 15 is 0 Å². The van der Waals surface area contributed by atoms with Gasteiger partial charge in [-0.05, 0) is 12.1 Å². The molecule has 0 spiro atoms. The Morgan fingerprint density at radius 3 is 2.81 bits per heavy atom. The third-order valence-electron chi connectivity index (χ3n) is 3.33. The van der Waals surface area contributed by atoms with Crippen molar-refractivity contribution in [3.05, 3.63) is 39.9 Å². The summed E-state index contributed by atoms with van der Waals surface area (Å²) in [5.74, 6) is -0.408. The highest BCUT2D eigenvalue weighted by Gasteiger charge is 2.26. The minimum Gasteiger partial charge on any atom is -0.505 e. The highest BCUT2D eigenvalue weighted by Crippen LogP contribution is 2.34. The molecule has 1 aromatic heterocycles. The lowest BCUT2D eigenvalue weighted by Crippen LogP contribution is -2.44. The predicted molar refractivity (Wildman–Crippen MR) is 79.7 cm³/mol. The number of anilines is 1. The second kappa shape index (κ2) is 5.55. The fourth-order valence-electron chi connectivity index (χ4n) is 2.22. The molecular weight excluding hydrogens is 315 g/mol. The highest BCUT2D eigenvalue weighted by atomic mass is 35.5. The Bertz CT molecular complexity index is 678. The minimum atomic E-state index is -0.382. The van der Waals surface area contributed by atoms with Crippen molar-refractivity contribution in [2.45, 2.75) is 19.0 Å². The van der Waals surface area contributed by atoms with Gasteiger partial charge in [-0.3, -0.25) is 10.1 Å². The topological polar surface area (TPSA) is 90.0 Å². The summed E-state index contributed by atoms with van der Waals surface area (Å²) in [5, 5.41) is 15.5. The van der Waals surface area contributed by atoms with Crippen molar-refractivity contribution >= 4 is 34.8 Å². The molecule has 3 rings (SSSR count). The molecule has 110 valence electrons. The monoisotopic (exact) mass is 326 g/mol. The van der Waals surface area contributed by atoms with E-state index in [0.717, 1.165) is 11.4 Å². The Balaban J connectivity index is 1.73. The van der Waals surface area contributed by atoms with Crippen molar-refractivity contribution in [1.29, 1.82) is 0 Å². The summed E-state index contributed by atoms with van der Waals surface area (Å²) >= 11 is 11.7. The smallest absolute Gasteiger partial charge is 0.241 e. The van der Waals surface area contributed by atoms with E-state index in [4.69, 9.17) is 23.2 Å². The zero-order valence-corrected chi connectivity index (χ0v) is 12.3. The van der Waals surface area contributed by atoms with Gasteiger partial charge in [0.2, 0.25) is 5.91 Å². The maximum absolute atomic E-state index is 12.2. The van der Waals surface area contributed by atoms with Crippen molar-refractivity contribution in [3.8, 4) is 5.75 Å². The van der Waals surface area contributed by atoms with Gasteiger partial charge in [0.1, 0.15) is 0 Å². The summed E-state index contributed by atoms with van der Waals surface area (Å²) in [7, 11) is 0. The number of aromatic hydroxyl groups is 1. The van der Waals surface area contributed by atoms with Gasteiger partial charge in [-0.2, -0.15) is 0 Å². The second-order valence-corrected chi connectivity index (χ2v) is 5.56. The largest absolute Gasteiger partial charge is 0.505 e. The van der Waals surface area contributed by atoms with Gasteiger partial charge in [0.25, 0.3) is 0 Å². The van der Waals surface area contributed by atoms with Crippen LogP contribution in [0.3, 0.4) is 0 Å². The lowest BCUT2D eigenvalue weighted by molar-refractivity contribution is -0.118. The highest BCUT2D eigenvalue weighted by molar-refractivity contribution is 6.37. The summed E-state index contributed by atoms with van der Waals surface area (Å²) < 4.78 is 0. The lowest BCUT2D eigenvalue weighted by Gasteiger charge is -2.22. The van der Waals surface area contributed by atoms with Crippen LogP contribution in [0.5, 0.6) is 5.75 Å². The van der Waals surface area contributed by atoms with Crippen LogP contribution in [0.2, 0.25) is 10.0 Å². The molecule has 6 nitrogen and oxygen atoms in total. The number of phenolic OH excluding ortho intramolecular Hbond substituents is 1. The van der Waals surface area contributed by atoms with Crippen molar-refractivity contribution in [3.63, 3.8) is 0 Å². The number of hydrogen-bond acceptors (Lipinski definition) is 4. The Morgan fingerprint density at radius 1 is 1.38 bits per heavy atom. The van der Waals surface area contributed by atoms with Crippen molar-refractivity contribution in [1.82, 2.24) is 15.3 Å². The second-order valence-electron chi connectivity index (χ2n) is 4.74. The predicted octanol–water partition coefficient (Wildman–Crippen LogP) is 2.08. The van der Waals surface area contributed by atoms with E-state index < -0.39 is 0 Å². The van der Waals surface area contributed by atoms with E-state index in [0.29, 0.717) is 18.7 Å². The van der Waals surface area contributed by atoms with Crippen LogP contribution in [-0.4, -0.2) is 27.0 Å². The summed E-state index contributed by atoms with van der Waals surface area (Å²) in [6.45, 7) is 0.560. The zero-order chi connectivity index (χ0) is 15.0. The molecule has 0 radical (unpaired) electrons. The van der Waals surface area contributed by atoms with Gasteiger partial charge in [-0.1, -0.05) is 23.2 Å². The minimum absolute atomic E-state index is 0.0870. The fraction of sp³-hybridized carbons (Fsp3) is 0.231. The molecule has 1 aromatic carbocycles. The first kappa shape index (κ1) is 14.2. The number of hydrogen-bond donors (Lipinski definition) is 4. The van der Waals surface area contributed by atoms with Crippen molar-refractivity contribution in [2.75, 3.05) is 5.32 Å². The molecule has 0 bridgehead atoms. The maximum Gasteiger partial charge on any atom is 0.241 e. The molecule has 8 heteroatoms. The average Bonchev–Trinajstić information content (AvgIpc) is 2.91. The van der Waals surface area contributed by atoms with E-state index in [2.05, 4.69) is 20.6 Å². The van der Waals surface area contributed by atoms with Crippen LogP contribution in [0.25, 0.3) is 0 Å². The Kier molecular flexibility index (Phi) is 3.75. The Hall–Kier alpha value is -1.76. The van der Waals surface area contributed by atoms with Gasteiger partial charge in [-0.25, -0.2) is 4.98 Å². The van der Waals surface area contributed by atoms with E-state index in [1.165, 1.54) is 12.1 Å². The third-order valence-corrected chi connectivity index (χ3v) is 3.91. The van der Waals surface area contributed by atoms with Crippen LogP contribution in [0.4, 0.5) is 5.69 Å². The maximum atomic E-state index is 12.2. The van der Waals surface area contributed by atoms with Gasteiger partial charge in [-0.15, -0.1) is 0 Å². The molecule has 1 amide bonds. The van der Waals surface area contributed by atoms with Crippen LogP contribution >= 0.6 is 23.2 Å². The number of halogens is 2. The number of imidazole rings is 1. The SMILES string of the molecule is O=C(Nc1cc(Cl)c(O)c(Cl)c1)C1Cc2nc[nH]c2CN1. The quantitative estimate of drug-likeness (QED) is 0.636. The first-order valence-corrected chi connectivity index (χ1v) is 7.03. The van der Waals surface area contributed by atoms with Crippen LogP contribution in [-0.2, 0) is 17.8 Å². The fourth-order valence-corrected chi connectivity index (χ4v) is 2.71. The van der Waals surface area contributed by atoms with E-state index in [1.807, 2.05) is 0 Å². The van der Waals surface area contributed by atoms with Gasteiger partial charge in [0.05, 0.1) is 33.8 Å². The van der Waals surface area contributed by atoms with Crippen LogP contribution in [0.1, 0.15) is 11.4 Å². The van der Waals surface area contributed by atoms with Crippen molar-refractivity contribution in [2.24, 2.45) is 0 Å². The third kappa shape index (κ3) is 2.83. The van der Waals surface area contributed by atoms with E-state index in [9.17, 15) is 9.90 Å². The van der Waals surface area contributed by atoms with E-state index in [1.54, 1.807) is 6.33 Å². The number of benzene rings is 1. The van der Waals surface area contributed by atoms with Crippen LogP contribution in [0.15, 0.2) is 18.5 Å². The van der Waals surface area contributed by atoms with Crippen LogP contribution in [0, 0.1) is 0 Å². The van der Waals surface area contributed by atoms with Gasteiger partial charge < -0.3 is 15.4 Å². The number of aromatic amines is 1. The van der Waals surface area contributed by atoms with E-state index in [-0.39, 0.29) is 27.7 Å². The first-order valence-electron chi connectivity index (χ1n) is 6.28. The number of nitrogens with one attached hydrogen (secondary N) is 3. The molecule has 4 N–H and O–H groups in total. The molecule has 2 heterocycles. The number of aromatic nitrogens is 2. The van der Waals surface area contributed by atoms with Gasteiger partial charge in [0, 0.05) is 18.7 Å². The standard InChI is InChI=1S/C13H12Cl2N4O2/c14-7-1-6(2-8(15)12(7)20)19-13(21)10-3-9-11(4-16-10)18-5-17-9/h1-2,5,10,16,20H,3-4H2,(H,17,18)(H,19,21). The summed E-state index contributed by atoms with van der Waals surface area (Å²) in [6.07, 6.45) is 2.12. The number of nitrogens with zero attached hydrogens (tertiary/aromatic N) is 1. The summed E-state index contributed by atoms with van der Waals surface area (Å²) in [4.78, 5) is 19.5. The molecule has 2 aromatic rings. The number of carbonyl (C=O) groups is 1. The number of phenols is 1. The molecule has 0 aliphatic carbocycles. The summed E-state index contributed by atoms with van der Waals surface area (Å²) in [5.41, 5.74) is 2.31. The van der Waals surface area contributed by atoms with Crippen molar-refractivity contribution < 1.29 is 9.90 Å². The number of H-pyrrole nitrogens is 1. The molecule has 1 atom stereocenters. The normalized spacial score (nSPS) is 17.3. The number of carbonyl (C=O) groups excluding carboxylic acids is 1. The zero-order valence-electron chi connectivity index (χ0n) is 10.8. The summed E-state index contributed by atoms with van der Waals surface area (Å²) in [6, 6.07) is 2.51. The Labute approximate surface area is 130 Å².